The van der Waals surface area contributed by atoms with Gasteiger partial charge in [-0.15, -0.1) is 0 Å². The molecular weight excluding hydrogens is 269 g/mol. The molecule has 0 spiro atoms. The highest BCUT2D eigenvalue weighted by Crippen LogP contribution is 2.43. The number of likely N-dealkylation sites (N-methyl/N-ethyl adjacent to an activating group) is 1. The minimum absolute atomic E-state index is 0.112. The van der Waals surface area contributed by atoms with Crippen LogP contribution in [0.1, 0.15) is 0 Å². The largest absolute Gasteiger partial charge is 0.527 e. The fraction of sp³-hybridized carbons (Fsp3) is 0.455. The van der Waals surface area contributed by atoms with Crippen molar-refractivity contribution in [3.05, 3.63) is 29.2 Å². The first-order chi connectivity index (χ1) is 8.72. The smallest absolute Gasteiger partial charge is 0.404 e. The molecule has 0 bridgehead atoms. The summed E-state index contributed by atoms with van der Waals surface area (Å²) in [6.07, 6.45) is 0. The molecule has 7 nitrogen and oxygen atoms in total. The Bertz CT molecular complexity index is 504. The van der Waals surface area contributed by atoms with Crippen LogP contribution in [0.4, 0.5) is 5.69 Å². The number of nitrogens with zero attached hydrogens (tertiary/aromatic N) is 3. The van der Waals surface area contributed by atoms with E-state index in [4.69, 9.17) is 14.4 Å². The summed E-state index contributed by atoms with van der Waals surface area (Å²) in [6, 6.07) is 5.73. The zero-order chi connectivity index (χ0) is 14.5. The molecular formula is C11H18N3O4P+2. The topological polar surface area (TPSA) is 83.9 Å². The van der Waals surface area contributed by atoms with Gasteiger partial charge in [0.2, 0.25) is 5.39 Å². The second-order valence-corrected chi connectivity index (χ2v) is 6.38. The Morgan fingerprint density at radius 2 is 1.89 bits per heavy atom. The Balaban J connectivity index is 2.54. The van der Waals surface area contributed by atoms with Gasteiger partial charge in [-0.2, -0.15) is 0 Å². The summed E-state index contributed by atoms with van der Waals surface area (Å²) in [5.74, 6) is 0.170. The highest BCUT2D eigenvalue weighted by atomic mass is 31.2. The van der Waals surface area contributed by atoms with Crippen LogP contribution in [-0.4, -0.2) is 43.7 Å². The number of phosphoric ester groups is 1. The molecule has 0 aromatic heterocycles. The molecule has 1 rings (SSSR count). The molecule has 1 N–H and O–H groups in total. The zero-order valence-corrected chi connectivity index (χ0v) is 12.1. The summed E-state index contributed by atoms with van der Waals surface area (Å²) in [5, 5.41) is 8.51. The molecule has 1 unspecified atom stereocenters. The van der Waals surface area contributed by atoms with Gasteiger partial charge in [0.15, 0.2) is 4.98 Å². The van der Waals surface area contributed by atoms with Crippen molar-refractivity contribution < 1.29 is 23.0 Å². The van der Waals surface area contributed by atoms with Gasteiger partial charge < -0.3 is 9.01 Å². The van der Waals surface area contributed by atoms with Crippen molar-refractivity contribution in [2.24, 2.45) is 0 Å². The second-order valence-electron chi connectivity index (χ2n) is 5.00. The molecule has 0 aliphatic heterocycles. The van der Waals surface area contributed by atoms with Gasteiger partial charge in [0, 0.05) is 12.1 Å². The van der Waals surface area contributed by atoms with Crippen molar-refractivity contribution in [2.75, 3.05) is 34.3 Å². The minimum atomic E-state index is -4.13. The van der Waals surface area contributed by atoms with Crippen molar-refractivity contribution in [1.29, 1.82) is 5.39 Å². The van der Waals surface area contributed by atoms with E-state index in [9.17, 15) is 9.46 Å². The molecule has 0 fully saturated rings. The molecule has 1 aromatic carbocycles. The Hall–Kier alpha value is -1.45. The van der Waals surface area contributed by atoms with Gasteiger partial charge in [0.05, 0.1) is 21.1 Å². The van der Waals surface area contributed by atoms with E-state index in [1.807, 2.05) is 21.1 Å². The molecule has 0 aliphatic rings. The van der Waals surface area contributed by atoms with Crippen LogP contribution in [0.3, 0.4) is 0 Å². The van der Waals surface area contributed by atoms with Crippen LogP contribution < -0.4 is 4.52 Å². The van der Waals surface area contributed by atoms with Gasteiger partial charge in [0.25, 0.3) is 0 Å². The van der Waals surface area contributed by atoms with Crippen molar-refractivity contribution >= 4 is 13.5 Å². The van der Waals surface area contributed by atoms with Gasteiger partial charge in [-0.1, -0.05) is 0 Å². The fourth-order valence-electron chi connectivity index (χ4n) is 1.16. The quantitative estimate of drug-likeness (QED) is 0.493. The average Bonchev–Trinajstić information content (AvgIpc) is 2.27. The number of benzene rings is 1. The van der Waals surface area contributed by atoms with E-state index in [2.05, 4.69) is 4.98 Å². The monoisotopic (exact) mass is 287 g/mol. The molecule has 1 aromatic rings. The van der Waals surface area contributed by atoms with Crippen LogP contribution >= 0.6 is 7.82 Å². The Morgan fingerprint density at radius 1 is 1.32 bits per heavy atom. The van der Waals surface area contributed by atoms with E-state index in [0.717, 1.165) is 0 Å². The van der Waals surface area contributed by atoms with E-state index < -0.39 is 7.82 Å². The Kier molecular flexibility index (Phi) is 5.04. The van der Waals surface area contributed by atoms with Gasteiger partial charge >= 0.3 is 13.5 Å². The molecule has 0 heterocycles. The number of diazo groups is 1. The summed E-state index contributed by atoms with van der Waals surface area (Å²) in [7, 11) is 1.72. The number of phosphoric acid groups is 1. The van der Waals surface area contributed by atoms with Crippen LogP contribution in [0.25, 0.3) is 4.98 Å². The van der Waals surface area contributed by atoms with E-state index >= 15 is 0 Å². The van der Waals surface area contributed by atoms with Crippen LogP contribution in [0.15, 0.2) is 24.3 Å². The first-order valence-electron chi connectivity index (χ1n) is 5.64. The third-order valence-electron chi connectivity index (χ3n) is 2.19. The summed E-state index contributed by atoms with van der Waals surface area (Å²) in [5.41, 5.74) is 0.325. The molecule has 0 radical (unpaired) electrons. The van der Waals surface area contributed by atoms with Crippen molar-refractivity contribution in [3.63, 3.8) is 0 Å². The molecule has 1 atom stereocenters. The average molecular weight is 287 g/mol. The lowest BCUT2D eigenvalue weighted by Crippen LogP contribution is -2.37. The zero-order valence-electron chi connectivity index (χ0n) is 11.2. The van der Waals surface area contributed by atoms with E-state index in [-0.39, 0.29) is 12.4 Å². The maximum absolute atomic E-state index is 11.7. The molecule has 19 heavy (non-hydrogen) atoms. The van der Waals surface area contributed by atoms with Gasteiger partial charge in [0.1, 0.15) is 18.9 Å². The minimum Gasteiger partial charge on any atom is -0.404 e. The lowest BCUT2D eigenvalue weighted by molar-refractivity contribution is -0.870. The number of quaternary nitrogens is 1. The third kappa shape index (κ3) is 6.32. The molecule has 8 heteroatoms. The molecule has 0 saturated carbocycles. The predicted octanol–water partition coefficient (Wildman–Crippen LogP) is 2.37. The fourth-order valence-corrected chi connectivity index (χ4v) is 1.92. The van der Waals surface area contributed by atoms with Gasteiger partial charge in [-0.05, 0) is 12.1 Å². The van der Waals surface area contributed by atoms with Crippen LogP contribution in [0.5, 0.6) is 5.75 Å². The van der Waals surface area contributed by atoms with Crippen LogP contribution in [-0.2, 0) is 9.09 Å². The second kappa shape index (κ2) is 6.13. The molecule has 0 aliphatic carbocycles. The van der Waals surface area contributed by atoms with E-state index in [0.29, 0.717) is 16.7 Å². The van der Waals surface area contributed by atoms with Crippen molar-refractivity contribution in [2.45, 2.75) is 0 Å². The maximum Gasteiger partial charge on any atom is 0.527 e. The van der Waals surface area contributed by atoms with Gasteiger partial charge in [-0.25, -0.2) is 4.57 Å². The highest BCUT2D eigenvalue weighted by Gasteiger charge is 2.24. The first kappa shape index (κ1) is 15.6. The third-order valence-corrected chi connectivity index (χ3v) is 3.14. The lowest BCUT2D eigenvalue weighted by Gasteiger charge is -2.24. The summed E-state index contributed by atoms with van der Waals surface area (Å²) in [4.78, 5) is 12.5. The lowest BCUT2D eigenvalue weighted by atomic mass is 10.3. The highest BCUT2D eigenvalue weighted by molar-refractivity contribution is 7.47. The van der Waals surface area contributed by atoms with Crippen molar-refractivity contribution in [3.8, 4) is 5.75 Å². The first-order valence-corrected chi connectivity index (χ1v) is 7.14. The predicted molar refractivity (Wildman–Crippen MR) is 70.5 cm³/mol. The number of hydrogen-bond acceptors (Lipinski definition) is 4. The standard InChI is InChI=1S/C11H17N3O4P/c1-14(2,3)8-9-17-19(15,16)18-11-6-4-10(13-12)5-7-11/h4-7H,8-9H2,1-3H3/q+1/p+1. The Labute approximate surface area is 112 Å². The number of hydrogen-bond donors (Lipinski definition) is 1. The summed E-state index contributed by atoms with van der Waals surface area (Å²) < 4.78 is 22.0. The molecule has 0 amide bonds. The van der Waals surface area contributed by atoms with Gasteiger partial charge in [-0.3, -0.25) is 9.42 Å². The summed E-state index contributed by atoms with van der Waals surface area (Å²) in [6.45, 7) is 0.692. The summed E-state index contributed by atoms with van der Waals surface area (Å²) >= 11 is 0. The SMILES string of the molecule is C[N+](C)(C)CCOP(=O)(O)Oc1ccc([N+]#N)cc1. The van der Waals surface area contributed by atoms with Crippen molar-refractivity contribution in [1.82, 2.24) is 0 Å². The Morgan fingerprint density at radius 3 is 2.37 bits per heavy atom. The van der Waals surface area contributed by atoms with E-state index in [1.165, 1.54) is 24.3 Å². The normalized spacial score (nSPS) is 14.5. The molecule has 104 valence electrons. The number of rotatable bonds is 6. The van der Waals surface area contributed by atoms with Crippen LogP contribution in [0, 0.1) is 5.39 Å². The maximum atomic E-state index is 11.7. The van der Waals surface area contributed by atoms with E-state index in [1.54, 1.807) is 0 Å². The van der Waals surface area contributed by atoms with Crippen LogP contribution in [0.2, 0.25) is 0 Å². The molecule has 0 saturated heterocycles.